The molecule has 0 saturated carbocycles. The highest BCUT2D eigenvalue weighted by Crippen LogP contribution is 2.30. The average Bonchev–Trinajstić information content (AvgIpc) is 3.21. The first-order chi connectivity index (χ1) is 13.9. The maximum absolute atomic E-state index is 13.2. The predicted octanol–water partition coefficient (Wildman–Crippen LogP) is 3.06. The van der Waals surface area contributed by atoms with Gasteiger partial charge >= 0.3 is 0 Å². The van der Waals surface area contributed by atoms with Crippen molar-refractivity contribution in [1.29, 1.82) is 0 Å². The number of hydrogen-bond donors (Lipinski definition) is 0. The van der Waals surface area contributed by atoms with Crippen molar-refractivity contribution in [2.45, 2.75) is 30.1 Å². The first kappa shape index (κ1) is 20.5. The molecule has 0 N–H and O–H groups in total. The number of morpholine rings is 1. The van der Waals surface area contributed by atoms with Crippen molar-refractivity contribution in [2.24, 2.45) is 5.92 Å². The van der Waals surface area contributed by atoms with Gasteiger partial charge in [0, 0.05) is 24.5 Å². The van der Waals surface area contributed by atoms with E-state index in [1.807, 2.05) is 48.2 Å². The Morgan fingerprint density at radius 3 is 2.62 bits per heavy atom. The Labute approximate surface area is 176 Å². The van der Waals surface area contributed by atoms with Gasteiger partial charge in [-0.15, -0.1) is 11.3 Å². The van der Waals surface area contributed by atoms with Crippen molar-refractivity contribution in [2.75, 3.05) is 32.8 Å². The number of carbonyl (C=O) groups excluding carboxylic acids is 1. The molecule has 156 valence electrons. The molecule has 2 aromatic rings. The summed E-state index contributed by atoms with van der Waals surface area (Å²) in [6.07, 6.45) is 1.29. The van der Waals surface area contributed by atoms with Gasteiger partial charge in [-0.25, -0.2) is 8.42 Å². The molecule has 0 aliphatic carbocycles. The third-order valence-corrected chi connectivity index (χ3v) is 8.93. The van der Waals surface area contributed by atoms with Crippen LogP contribution in [0.5, 0.6) is 0 Å². The molecule has 1 amide bonds. The van der Waals surface area contributed by atoms with Crippen LogP contribution in [0.3, 0.4) is 0 Å². The molecule has 2 aliphatic heterocycles. The van der Waals surface area contributed by atoms with Gasteiger partial charge in [0.2, 0.25) is 5.91 Å². The summed E-state index contributed by atoms with van der Waals surface area (Å²) in [5, 5.41) is 0. The first-order valence-corrected chi connectivity index (χ1v) is 12.2. The Hall–Kier alpha value is -1.74. The monoisotopic (exact) mass is 434 g/mol. The standard InChI is InChI=1S/C21H26N2O4S2/c1-16-9-10-20(28-16)29(25,26)23-11-5-8-18(14-23)21(24)22-12-13-27-19(15-22)17-6-3-2-4-7-17/h2-4,6-7,9-10,18-19H,5,8,11-15H2,1H3/t18-,19-/m1/s1. The van der Waals surface area contributed by atoms with Gasteiger partial charge < -0.3 is 9.64 Å². The molecule has 6 nitrogen and oxygen atoms in total. The molecule has 3 heterocycles. The van der Waals surface area contributed by atoms with Gasteiger partial charge in [-0.3, -0.25) is 4.79 Å². The summed E-state index contributed by atoms with van der Waals surface area (Å²) in [6, 6.07) is 13.4. The lowest BCUT2D eigenvalue weighted by molar-refractivity contribution is -0.144. The number of carbonyl (C=O) groups is 1. The molecule has 4 rings (SSSR count). The van der Waals surface area contributed by atoms with E-state index in [9.17, 15) is 13.2 Å². The summed E-state index contributed by atoms with van der Waals surface area (Å²) >= 11 is 1.28. The van der Waals surface area contributed by atoms with E-state index in [2.05, 4.69) is 0 Å². The van der Waals surface area contributed by atoms with E-state index >= 15 is 0 Å². The smallest absolute Gasteiger partial charge is 0.252 e. The Morgan fingerprint density at radius 2 is 1.90 bits per heavy atom. The quantitative estimate of drug-likeness (QED) is 0.742. The van der Waals surface area contributed by atoms with E-state index in [0.29, 0.717) is 36.9 Å². The molecule has 8 heteroatoms. The lowest BCUT2D eigenvalue weighted by Gasteiger charge is -2.38. The van der Waals surface area contributed by atoms with Gasteiger partial charge in [0.15, 0.2) is 0 Å². The molecular formula is C21H26N2O4S2. The lowest BCUT2D eigenvalue weighted by atomic mass is 9.97. The number of hydrogen-bond acceptors (Lipinski definition) is 5. The molecule has 29 heavy (non-hydrogen) atoms. The number of aryl methyl sites for hydroxylation is 1. The third-order valence-electron chi connectivity index (χ3n) is 5.59. The van der Waals surface area contributed by atoms with Crippen molar-refractivity contribution in [1.82, 2.24) is 9.21 Å². The summed E-state index contributed by atoms with van der Waals surface area (Å²) in [5.74, 6) is -0.259. The van der Waals surface area contributed by atoms with E-state index in [4.69, 9.17) is 4.74 Å². The second-order valence-corrected chi connectivity index (χ2v) is 11.1. The molecule has 1 aromatic carbocycles. The first-order valence-electron chi connectivity index (χ1n) is 9.97. The van der Waals surface area contributed by atoms with Crippen molar-refractivity contribution < 1.29 is 17.9 Å². The fourth-order valence-electron chi connectivity index (χ4n) is 4.02. The van der Waals surface area contributed by atoms with Crippen molar-refractivity contribution in [3.63, 3.8) is 0 Å². The molecule has 0 spiro atoms. The summed E-state index contributed by atoms with van der Waals surface area (Å²) in [5.41, 5.74) is 1.06. The zero-order chi connectivity index (χ0) is 20.4. The highest BCUT2D eigenvalue weighted by atomic mass is 32.2. The van der Waals surface area contributed by atoms with Crippen LogP contribution < -0.4 is 0 Å². The van der Waals surface area contributed by atoms with Gasteiger partial charge in [-0.05, 0) is 37.5 Å². The van der Waals surface area contributed by atoms with Crippen LogP contribution >= 0.6 is 11.3 Å². The van der Waals surface area contributed by atoms with Crippen LogP contribution in [0.25, 0.3) is 0 Å². The van der Waals surface area contributed by atoms with Crippen LogP contribution in [0.4, 0.5) is 0 Å². The molecule has 0 unspecified atom stereocenters. The zero-order valence-corrected chi connectivity index (χ0v) is 18.1. The molecule has 2 aliphatic rings. The highest BCUT2D eigenvalue weighted by Gasteiger charge is 2.37. The second-order valence-electron chi connectivity index (χ2n) is 7.62. The Morgan fingerprint density at radius 1 is 1.10 bits per heavy atom. The highest BCUT2D eigenvalue weighted by molar-refractivity contribution is 7.91. The summed E-state index contributed by atoms with van der Waals surface area (Å²) in [6.45, 7) is 4.18. The SMILES string of the molecule is Cc1ccc(S(=O)(=O)N2CCC[C@@H](C(=O)N3CCO[C@@H](c4ccccc4)C3)C2)s1. The van der Waals surface area contributed by atoms with Crippen LogP contribution in [0, 0.1) is 12.8 Å². The molecule has 0 bridgehead atoms. The van der Waals surface area contributed by atoms with Crippen LogP contribution in [0.2, 0.25) is 0 Å². The number of amides is 1. The second kappa shape index (κ2) is 8.55. The normalized spacial score (nSPS) is 23.8. The third kappa shape index (κ3) is 4.40. The number of nitrogens with zero attached hydrogens (tertiary/aromatic N) is 2. The minimum absolute atomic E-state index is 0.0384. The van der Waals surface area contributed by atoms with Crippen LogP contribution in [0.15, 0.2) is 46.7 Å². The average molecular weight is 435 g/mol. The van der Waals surface area contributed by atoms with Gasteiger partial charge in [0.05, 0.1) is 19.1 Å². The van der Waals surface area contributed by atoms with Gasteiger partial charge in [-0.1, -0.05) is 30.3 Å². The Kier molecular flexibility index (Phi) is 6.06. The molecule has 2 fully saturated rings. The summed E-state index contributed by atoms with van der Waals surface area (Å²) in [7, 11) is -3.54. The number of rotatable bonds is 4. The van der Waals surface area contributed by atoms with Gasteiger partial charge in [-0.2, -0.15) is 4.31 Å². The van der Waals surface area contributed by atoms with Crippen molar-refractivity contribution in [3.05, 3.63) is 52.9 Å². The summed E-state index contributed by atoms with van der Waals surface area (Å²) in [4.78, 5) is 16.0. The maximum atomic E-state index is 13.2. The van der Waals surface area contributed by atoms with E-state index in [-0.39, 0.29) is 24.5 Å². The zero-order valence-electron chi connectivity index (χ0n) is 16.5. The molecule has 2 saturated heterocycles. The Bertz CT molecular complexity index is 958. The van der Waals surface area contributed by atoms with Crippen LogP contribution in [-0.2, 0) is 19.6 Å². The number of sulfonamides is 1. The number of piperidine rings is 1. The van der Waals surface area contributed by atoms with Gasteiger partial charge in [0.25, 0.3) is 10.0 Å². The van der Waals surface area contributed by atoms with E-state index in [1.54, 1.807) is 6.07 Å². The minimum Gasteiger partial charge on any atom is -0.370 e. The maximum Gasteiger partial charge on any atom is 0.252 e. The molecule has 0 radical (unpaired) electrons. The number of benzene rings is 1. The lowest BCUT2D eigenvalue weighted by Crippen LogP contribution is -2.49. The van der Waals surface area contributed by atoms with E-state index in [0.717, 1.165) is 16.9 Å². The summed E-state index contributed by atoms with van der Waals surface area (Å²) < 4.78 is 33.7. The van der Waals surface area contributed by atoms with Crippen molar-refractivity contribution >= 4 is 27.3 Å². The predicted molar refractivity (Wildman–Crippen MR) is 112 cm³/mol. The minimum atomic E-state index is -3.54. The van der Waals surface area contributed by atoms with Crippen molar-refractivity contribution in [3.8, 4) is 0 Å². The van der Waals surface area contributed by atoms with Crippen LogP contribution in [0.1, 0.15) is 29.4 Å². The van der Waals surface area contributed by atoms with E-state index in [1.165, 1.54) is 15.6 Å². The fraction of sp³-hybridized carbons (Fsp3) is 0.476. The van der Waals surface area contributed by atoms with Gasteiger partial charge in [0.1, 0.15) is 10.3 Å². The topological polar surface area (TPSA) is 66.9 Å². The van der Waals surface area contributed by atoms with Crippen LogP contribution in [-0.4, -0.2) is 56.3 Å². The molecule has 1 aromatic heterocycles. The molecule has 2 atom stereocenters. The van der Waals surface area contributed by atoms with E-state index < -0.39 is 10.0 Å². The fourth-order valence-corrected chi connectivity index (χ4v) is 6.98. The number of ether oxygens (including phenoxy) is 1. The molecular weight excluding hydrogens is 408 g/mol. The number of thiophene rings is 1. The largest absolute Gasteiger partial charge is 0.370 e. The Balaban J connectivity index is 1.44.